The normalized spacial score (nSPS) is 27.9. The number of nitrogens with zero attached hydrogens (tertiary/aromatic N) is 1. The van der Waals surface area contributed by atoms with Gasteiger partial charge in [0.1, 0.15) is 5.82 Å². The van der Waals surface area contributed by atoms with Gasteiger partial charge in [-0.15, -0.1) is 0 Å². The zero-order chi connectivity index (χ0) is 19.6. The first-order valence-corrected chi connectivity index (χ1v) is 9.50. The van der Waals surface area contributed by atoms with Crippen LogP contribution in [0.15, 0.2) is 18.2 Å². The lowest BCUT2D eigenvalue weighted by Gasteiger charge is -2.37. The van der Waals surface area contributed by atoms with Crippen molar-refractivity contribution in [1.82, 2.24) is 10.2 Å². The number of halogens is 2. The number of methoxy groups -OCH3 is 1. The van der Waals surface area contributed by atoms with Crippen LogP contribution >= 0.6 is 11.6 Å². The summed E-state index contributed by atoms with van der Waals surface area (Å²) in [6.07, 6.45) is 1.69. The molecule has 148 valence electrons. The highest BCUT2D eigenvalue weighted by Crippen LogP contribution is 2.37. The van der Waals surface area contributed by atoms with Crippen LogP contribution in [0.1, 0.15) is 19.8 Å². The highest BCUT2D eigenvalue weighted by Gasteiger charge is 2.42. The summed E-state index contributed by atoms with van der Waals surface area (Å²) < 4.78 is 19.4. The van der Waals surface area contributed by atoms with Crippen molar-refractivity contribution in [3.05, 3.63) is 29.0 Å². The van der Waals surface area contributed by atoms with Gasteiger partial charge >= 0.3 is 0 Å². The summed E-state index contributed by atoms with van der Waals surface area (Å²) in [6, 6.07) is 4.18. The predicted molar refractivity (Wildman–Crippen MR) is 101 cm³/mol. The number of carbonyl (C=O) groups excluding carboxylic acids is 2. The lowest BCUT2D eigenvalue weighted by Crippen LogP contribution is -2.49. The molecule has 0 aromatic heterocycles. The number of hydrogen-bond acceptors (Lipinski definition) is 4. The lowest BCUT2D eigenvalue weighted by molar-refractivity contribution is -0.121. The molecular weight excluding hydrogens is 373 g/mol. The first-order valence-electron chi connectivity index (χ1n) is 9.13. The highest BCUT2D eigenvalue weighted by molar-refractivity contribution is 6.30. The van der Waals surface area contributed by atoms with E-state index in [0.29, 0.717) is 11.8 Å². The van der Waals surface area contributed by atoms with Gasteiger partial charge in [-0.25, -0.2) is 4.39 Å². The summed E-state index contributed by atoms with van der Waals surface area (Å²) in [5, 5.41) is 5.87. The Morgan fingerprint density at radius 1 is 1.30 bits per heavy atom. The zero-order valence-electron chi connectivity index (χ0n) is 15.5. The number of ether oxygens (including phenoxy) is 1. The number of carbonyl (C=O) groups is 2. The van der Waals surface area contributed by atoms with Gasteiger partial charge in [0.15, 0.2) is 0 Å². The highest BCUT2D eigenvalue weighted by atomic mass is 35.5. The molecule has 8 heteroatoms. The van der Waals surface area contributed by atoms with E-state index in [-0.39, 0.29) is 41.2 Å². The van der Waals surface area contributed by atoms with E-state index in [1.165, 1.54) is 25.1 Å². The van der Waals surface area contributed by atoms with E-state index < -0.39 is 5.82 Å². The maximum atomic E-state index is 13.8. The number of hydrogen-bond donors (Lipinski definition) is 2. The topological polar surface area (TPSA) is 70.7 Å². The summed E-state index contributed by atoms with van der Waals surface area (Å²) in [7, 11) is 1.67. The standard InChI is InChI=1S/C19H25ClFN3O3/c1-11(25)22-17-5-12-8-24(9-13(12)6-18(17)27-2)10-19(26)23-16-4-3-14(20)7-15(16)21/h3-4,7,12-13,17-18H,5-6,8-10H2,1-2H3,(H,22,25)(H,23,26)/t12-,13+,17-,18-/m1/s1. The third-order valence-corrected chi connectivity index (χ3v) is 5.69. The molecule has 0 unspecified atom stereocenters. The third-order valence-electron chi connectivity index (χ3n) is 5.46. The first-order chi connectivity index (χ1) is 12.9. The van der Waals surface area contributed by atoms with Gasteiger partial charge in [0.2, 0.25) is 11.8 Å². The fraction of sp³-hybridized carbons (Fsp3) is 0.579. The van der Waals surface area contributed by atoms with Crippen LogP contribution in [-0.2, 0) is 14.3 Å². The summed E-state index contributed by atoms with van der Waals surface area (Å²) >= 11 is 5.73. The van der Waals surface area contributed by atoms with Gasteiger partial charge in [0, 0.05) is 32.1 Å². The van der Waals surface area contributed by atoms with Gasteiger partial charge in [0.05, 0.1) is 24.4 Å². The van der Waals surface area contributed by atoms with E-state index in [1.807, 2.05) is 0 Å². The summed E-state index contributed by atoms with van der Waals surface area (Å²) in [5.41, 5.74) is 0.131. The van der Waals surface area contributed by atoms with Crippen molar-refractivity contribution < 1.29 is 18.7 Å². The van der Waals surface area contributed by atoms with Crippen LogP contribution in [-0.4, -0.2) is 55.6 Å². The minimum absolute atomic E-state index is 0.00527. The van der Waals surface area contributed by atoms with E-state index in [4.69, 9.17) is 16.3 Å². The van der Waals surface area contributed by atoms with Crippen LogP contribution in [0.3, 0.4) is 0 Å². The second kappa shape index (κ2) is 8.54. The summed E-state index contributed by atoms with van der Waals surface area (Å²) in [6.45, 7) is 3.30. The van der Waals surface area contributed by atoms with E-state index in [0.717, 1.165) is 25.9 Å². The minimum atomic E-state index is -0.549. The molecule has 2 amide bonds. The monoisotopic (exact) mass is 397 g/mol. The van der Waals surface area contributed by atoms with E-state index >= 15 is 0 Å². The molecule has 0 bridgehead atoms. The molecule has 0 radical (unpaired) electrons. The van der Waals surface area contributed by atoms with Crippen molar-refractivity contribution >= 4 is 29.1 Å². The molecule has 3 rings (SSSR count). The van der Waals surface area contributed by atoms with Gasteiger partial charge in [-0.05, 0) is 42.9 Å². The summed E-state index contributed by atoms with van der Waals surface area (Å²) in [4.78, 5) is 25.8. The van der Waals surface area contributed by atoms with Gasteiger partial charge in [0.25, 0.3) is 0 Å². The average Bonchev–Trinajstić information content (AvgIpc) is 2.97. The Hall–Kier alpha value is -1.70. The van der Waals surface area contributed by atoms with Crippen molar-refractivity contribution in [1.29, 1.82) is 0 Å². The molecule has 1 saturated heterocycles. The number of amides is 2. The van der Waals surface area contributed by atoms with Crippen molar-refractivity contribution in [3.8, 4) is 0 Å². The molecule has 6 nitrogen and oxygen atoms in total. The molecule has 27 heavy (non-hydrogen) atoms. The number of rotatable bonds is 5. The zero-order valence-corrected chi connectivity index (χ0v) is 16.3. The van der Waals surface area contributed by atoms with E-state index in [9.17, 15) is 14.0 Å². The lowest BCUT2D eigenvalue weighted by atomic mass is 9.77. The van der Waals surface area contributed by atoms with E-state index in [2.05, 4.69) is 15.5 Å². The van der Waals surface area contributed by atoms with Crippen LogP contribution < -0.4 is 10.6 Å². The van der Waals surface area contributed by atoms with Crippen LogP contribution in [0.2, 0.25) is 5.02 Å². The Labute approximate surface area is 163 Å². The maximum Gasteiger partial charge on any atom is 0.238 e. The minimum Gasteiger partial charge on any atom is -0.379 e. The number of anilines is 1. The largest absolute Gasteiger partial charge is 0.379 e. The molecular formula is C19H25ClFN3O3. The fourth-order valence-corrected chi connectivity index (χ4v) is 4.46. The number of likely N-dealkylation sites (tertiary alicyclic amines) is 1. The molecule has 0 spiro atoms. The average molecular weight is 398 g/mol. The Morgan fingerprint density at radius 2 is 2.00 bits per heavy atom. The smallest absolute Gasteiger partial charge is 0.238 e. The first kappa shape index (κ1) is 20.0. The van der Waals surface area contributed by atoms with Crippen LogP contribution in [0, 0.1) is 17.7 Å². The SMILES string of the molecule is CO[C@@H]1C[C@H]2CN(CC(=O)Nc3ccc(Cl)cc3F)C[C@H]2C[C@H]1NC(C)=O. The quantitative estimate of drug-likeness (QED) is 0.799. The van der Waals surface area contributed by atoms with Crippen molar-refractivity contribution in [2.45, 2.75) is 31.9 Å². The Morgan fingerprint density at radius 3 is 2.63 bits per heavy atom. The molecule has 2 aliphatic rings. The Balaban J connectivity index is 1.56. The molecule has 1 aliphatic heterocycles. The second-order valence-corrected chi connectivity index (χ2v) is 7.88. The van der Waals surface area contributed by atoms with Gasteiger partial charge < -0.3 is 15.4 Å². The Bertz CT molecular complexity index is 717. The predicted octanol–water partition coefficient (Wildman–Crippen LogP) is 2.28. The van der Waals surface area contributed by atoms with Crippen molar-refractivity contribution in [2.75, 3.05) is 32.1 Å². The van der Waals surface area contributed by atoms with Crippen molar-refractivity contribution in [3.63, 3.8) is 0 Å². The molecule has 1 heterocycles. The molecule has 1 aliphatic carbocycles. The van der Waals surface area contributed by atoms with Crippen molar-refractivity contribution in [2.24, 2.45) is 11.8 Å². The molecule has 1 aromatic rings. The number of nitrogens with one attached hydrogen (secondary N) is 2. The third kappa shape index (κ3) is 4.97. The number of fused-ring (bicyclic) bond motifs is 1. The number of benzene rings is 1. The molecule has 2 fully saturated rings. The van der Waals surface area contributed by atoms with E-state index in [1.54, 1.807) is 7.11 Å². The van der Waals surface area contributed by atoms with Gasteiger partial charge in [-0.1, -0.05) is 11.6 Å². The maximum absolute atomic E-state index is 13.8. The van der Waals surface area contributed by atoms with Crippen LogP contribution in [0.25, 0.3) is 0 Å². The molecule has 1 aromatic carbocycles. The fourth-order valence-electron chi connectivity index (χ4n) is 4.30. The van der Waals surface area contributed by atoms with Crippen LogP contribution in [0.4, 0.5) is 10.1 Å². The van der Waals surface area contributed by atoms with Crippen LogP contribution in [0.5, 0.6) is 0 Å². The molecule has 2 N–H and O–H groups in total. The summed E-state index contributed by atoms with van der Waals surface area (Å²) in [5.74, 6) is -0.0170. The Kier molecular flexibility index (Phi) is 6.34. The molecule has 1 saturated carbocycles. The molecule has 4 atom stereocenters. The van der Waals surface area contributed by atoms with Gasteiger partial charge in [-0.2, -0.15) is 0 Å². The van der Waals surface area contributed by atoms with Gasteiger partial charge in [-0.3, -0.25) is 14.5 Å². The second-order valence-electron chi connectivity index (χ2n) is 7.44.